The molecule has 1 saturated carbocycles. The van der Waals surface area contributed by atoms with E-state index >= 15 is 0 Å². The summed E-state index contributed by atoms with van der Waals surface area (Å²) < 4.78 is 66.0. The number of anilines is 3. The van der Waals surface area contributed by atoms with E-state index < -0.39 is 29.4 Å². The fourth-order valence-electron chi connectivity index (χ4n) is 4.50. The van der Waals surface area contributed by atoms with Crippen LogP contribution in [0.5, 0.6) is 11.5 Å². The van der Waals surface area contributed by atoms with Crippen LogP contribution < -0.4 is 20.3 Å². The smallest absolute Gasteiger partial charge is 0.416 e. The molecule has 2 N–H and O–H groups in total. The van der Waals surface area contributed by atoms with E-state index in [1.165, 1.54) is 41.4 Å². The lowest BCUT2D eigenvalue weighted by atomic mass is 10.1. The van der Waals surface area contributed by atoms with Crippen LogP contribution in [0.4, 0.5) is 34.8 Å². The van der Waals surface area contributed by atoms with Crippen LogP contribution in [-0.4, -0.2) is 42.5 Å². The minimum atomic E-state index is -4.68. The van der Waals surface area contributed by atoms with Gasteiger partial charge in [0.2, 0.25) is 11.8 Å². The fraction of sp³-hybridized carbons (Fsp3) is 0.333. The van der Waals surface area contributed by atoms with Gasteiger partial charge in [-0.1, -0.05) is 6.07 Å². The first-order valence-electron chi connectivity index (χ1n) is 13.7. The van der Waals surface area contributed by atoms with Gasteiger partial charge in [-0.3, -0.25) is 14.4 Å². The molecule has 0 spiro atoms. The highest BCUT2D eigenvalue weighted by atomic mass is 19.4. The number of nitrogens with zero attached hydrogens (tertiary/aromatic N) is 2. The quantitative estimate of drug-likeness (QED) is 0.289. The zero-order valence-electron chi connectivity index (χ0n) is 22.9. The second-order valence-corrected chi connectivity index (χ2v) is 10.3. The second kappa shape index (κ2) is 12.8. The van der Waals surface area contributed by atoms with Gasteiger partial charge in [-0.2, -0.15) is 13.2 Å². The molecule has 0 radical (unpaired) electrons. The number of hydrogen-bond donors (Lipinski definition) is 2. The van der Waals surface area contributed by atoms with E-state index in [2.05, 4.69) is 15.6 Å². The number of aromatic nitrogens is 1. The molecule has 2 heterocycles. The van der Waals surface area contributed by atoms with Crippen molar-refractivity contribution in [3.63, 3.8) is 0 Å². The number of carbonyl (C=O) groups excluding carboxylic acids is 3. The molecule has 0 atom stereocenters. The molecule has 1 saturated heterocycles. The van der Waals surface area contributed by atoms with Crippen LogP contribution in [0.2, 0.25) is 0 Å². The summed E-state index contributed by atoms with van der Waals surface area (Å²) in [5.74, 6) is -1.18. The molecule has 9 nitrogen and oxygen atoms in total. The monoisotopic (exact) mass is 600 g/mol. The van der Waals surface area contributed by atoms with Crippen LogP contribution in [-0.2, 0) is 31.7 Å². The van der Waals surface area contributed by atoms with Gasteiger partial charge in [0.1, 0.15) is 18.2 Å². The Kier molecular flexibility index (Phi) is 8.90. The van der Waals surface area contributed by atoms with E-state index in [4.69, 9.17) is 9.47 Å². The molecule has 2 aromatic carbocycles. The van der Waals surface area contributed by atoms with E-state index in [0.717, 1.165) is 25.0 Å². The summed E-state index contributed by atoms with van der Waals surface area (Å²) in [6.45, 7) is 0.0361. The van der Waals surface area contributed by atoms with Crippen molar-refractivity contribution in [1.29, 1.82) is 0 Å². The maximum absolute atomic E-state index is 14.8. The molecule has 2 fully saturated rings. The lowest BCUT2D eigenvalue weighted by Gasteiger charge is -2.28. The number of aryl methyl sites for hydroxylation is 1. The van der Waals surface area contributed by atoms with Gasteiger partial charge in [-0.15, -0.1) is 0 Å². The highest BCUT2D eigenvalue weighted by Gasteiger charge is 2.33. The summed E-state index contributed by atoms with van der Waals surface area (Å²) >= 11 is 0. The third-order valence-corrected chi connectivity index (χ3v) is 6.85. The van der Waals surface area contributed by atoms with Crippen LogP contribution in [0.1, 0.15) is 36.8 Å². The van der Waals surface area contributed by atoms with Crippen LogP contribution in [0.15, 0.2) is 54.7 Å². The van der Waals surface area contributed by atoms with Gasteiger partial charge in [0, 0.05) is 42.5 Å². The van der Waals surface area contributed by atoms with Crippen LogP contribution in [0.3, 0.4) is 0 Å². The van der Waals surface area contributed by atoms with Gasteiger partial charge >= 0.3 is 6.18 Å². The number of ether oxygens (including phenoxy) is 2. The van der Waals surface area contributed by atoms with E-state index in [1.54, 1.807) is 6.07 Å². The molecule has 13 heteroatoms. The van der Waals surface area contributed by atoms with Gasteiger partial charge in [-0.25, -0.2) is 9.37 Å². The highest BCUT2D eigenvalue weighted by molar-refractivity contribution is 5.97. The maximum atomic E-state index is 14.8. The number of rotatable bonds is 10. The number of carbonyl (C=O) groups is 3. The summed E-state index contributed by atoms with van der Waals surface area (Å²) in [4.78, 5) is 41.9. The largest absolute Gasteiger partial charge is 0.454 e. The summed E-state index contributed by atoms with van der Waals surface area (Å²) in [7, 11) is 0. The lowest BCUT2D eigenvalue weighted by Crippen LogP contribution is -2.41. The van der Waals surface area contributed by atoms with E-state index in [0.29, 0.717) is 30.0 Å². The molecule has 2 aliphatic rings. The minimum absolute atomic E-state index is 0.00294. The van der Waals surface area contributed by atoms with E-state index in [1.807, 2.05) is 0 Å². The fourth-order valence-corrected chi connectivity index (χ4v) is 4.50. The van der Waals surface area contributed by atoms with Gasteiger partial charge in [-0.05, 0) is 67.6 Å². The van der Waals surface area contributed by atoms with Gasteiger partial charge in [0.25, 0.3) is 5.91 Å². The van der Waals surface area contributed by atoms with Crippen molar-refractivity contribution in [2.24, 2.45) is 5.92 Å². The SMILES string of the molecule is O=C(CCCc1ccc(Oc2ccnc(NC(=O)C3CC3)c2)c(F)c1)Nc1cc(N2CCOCC2=O)cc(C(F)(F)F)c1. The minimum Gasteiger partial charge on any atom is -0.454 e. The molecule has 1 aliphatic carbocycles. The Bertz CT molecular complexity index is 1530. The number of halogens is 4. The van der Waals surface area contributed by atoms with Crippen LogP contribution in [0, 0.1) is 11.7 Å². The molecular weight excluding hydrogens is 572 g/mol. The Morgan fingerprint density at radius 1 is 1.07 bits per heavy atom. The van der Waals surface area contributed by atoms with Gasteiger partial charge < -0.3 is 25.0 Å². The Balaban J connectivity index is 1.16. The number of morpholine rings is 1. The number of benzene rings is 2. The second-order valence-electron chi connectivity index (χ2n) is 10.3. The molecule has 5 rings (SSSR count). The summed E-state index contributed by atoms with van der Waals surface area (Å²) in [5, 5.41) is 5.18. The van der Waals surface area contributed by atoms with Crippen LogP contribution >= 0.6 is 0 Å². The van der Waals surface area contributed by atoms with E-state index in [-0.39, 0.29) is 55.1 Å². The maximum Gasteiger partial charge on any atom is 0.416 e. The third-order valence-electron chi connectivity index (χ3n) is 6.85. The molecule has 0 unspecified atom stereocenters. The molecule has 1 aliphatic heterocycles. The molecule has 1 aromatic heterocycles. The van der Waals surface area contributed by atoms with E-state index in [9.17, 15) is 31.9 Å². The summed E-state index contributed by atoms with van der Waals surface area (Å²) in [6, 6.07) is 10.4. The van der Waals surface area contributed by atoms with Crippen molar-refractivity contribution in [3.8, 4) is 11.5 Å². The molecular formula is C30H28F4N4O5. The zero-order chi connectivity index (χ0) is 30.6. The van der Waals surface area contributed by atoms with Crippen molar-refractivity contribution in [3.05, 3.63) is 71.7 Å². The first kappa shape index (κ1) is 30.0. The number of hydrogen-bond acceptors (Lipinski definition) is 6. The predicted molar refractivity (Wildman–Crippen MR) is 148 cm³/mol. The molecule has 3 aromatic rings. The first-order chi connectivity index (χ1) is 20.5. The Morgan fingerprint density at radius 3 is 2.60 bits per heavy atom. The van der Waals surface area contributed by atoms with Gasteiger partial charge in [0.15, 0.2) is 11.6 Å². The van der Waals surface area contributed by atoms with Gasteiger partial charge in [0.05, 0.1) is 12.2 Å². The molecule has 226 valence electrons. The molecule has 3 amide bonds. The summed E-state index contributed by atoms with van der Waals surface area (Å²) in [6.07, 6.45) is -0.956. The first-order valence-corrected chi connectivity index (χ1v) is 13.7. The average Bonchev–Trinajstić information content (AvgIpc) is 3.80. The van der Waals surface area contributed by atoms with Crippen molar-refractivity contribution >= 4 is 34.9 Å². The highest BCUT2D eigenvalue weighted by Crippen LogP contribution is 2.35. The third kappa shape index (κ3) is 8.07. The van der Waals surface area contributed by atoms with Crippen molar-refractivity contribution < 1.29 is 41.4 Å². The average molecular weight is 601 g/mol. The topological polar surface area (TPSA) is 110 Å². The molecule has 43 heavy (non-hydrogen) atoms. The number of alkyl halides is 3. The van der Waals surface area contributed by atoms with Crippen LogP contribution in [0.25, 0.3) is 0 Å². The van der Waals surface area contributed by atoms with Crippen molar-refractivity contribution in [1.82, 2.24) is 4.98 Å². The number of pyridine rings is 1. The standard InChI is InChI=1S/C30H28F4N4O5/c31-24-12-18(4-7-25(24)43-23-8-9-35-26(16-23)37-29(41)19-5-6-19)2-1-3-27(39)36-21-13-20(30(32,33)34)14-22(15-21)38-10-11-42-17-28(38)40/h4,7-9,12-16,19H,1-3,5-6,10-11,17H2,(H,36,39)(H,35,37,41). The summed E-state index contributed by atoms with van der Waals surface area (Å²) in [5.41, 5.74) is -0.476. The Labute approximate surface area is 244 Å². The van der Waals surface area contributed by atoms with Crippen molar-refractivity contribution in [2.45, 2.75) is 38.3 Å². The molecule has 0 bridgehead atoms. The zero-order valence-corrected chi connectivity index (χ0v) is 22.9. The Morgan fingerprint density at radius 2 is 1.88 bits per heavy atom. The number of nitrogens with one attached hydrogen (secondary N) is 2. The number of amides is 3. The Hall–Kier alpha value is -4.52. The predicted octanol–water partition coefficient (Wildman–Crippen LogP) is 5.70. The lowest BCUT2D eigenvalue weighted by molar-refractivity contribution is -0.137. The van der Waals surface area contributed by atoms with Crippen molar-refractivity contribution in [2.75, 3.05) is 35.3 Å². The normalized spacial score (nSPS) is 15.3.